The van der Waals surface area contributed by atoms with Crippen molar-refractivity contribution in [2.75, 3.05) is 13.1 Å². The van der Waals surface area contributed by atoms with Gasteiger partial charge in [-0.2, -0.15) is 0 Å². The van der Waals surface area contributed by atoms with Crippen molar-refractivity contribution >= 4 is 28.5 Å². The molecule has 1 fully saturated rings. The van der Waals surface area contributed by atoms with E-state index >= 15 is 0 Å². The van der Waals surface area contributed by atoms with Gasteiger partial charge in [0.2, 0.25) is 0 Å². The summed E-state index contributed by atoms with van der Waals surface area (Å²) in [6.07, 6.45) is 2.54. The zero-order valence-electron chi connectivity index (χ0n) is 7.98. The van der Waals surface area contributed by atoms with Crippen LogP contribution >= 0.6 is 23.6 Å². The fourth-order valence-electron chi connectivity index (χ4n) is 1.95. The molecule has 1 atom stereocenters. The van der Waals surface area contributed by atoms with Crippen LogP contribution in [-0.2, 0) is 0 Å². The normalized spacial score (nSPS) is 19.7. The molecule has 2 N–H and O–H groups in total. The highest BCUT2D eigenvalue weighted by molar-refractivity contribution is 7.80. The summed E-state index contributed by atoms with van der Waals surface area (Å²) < 4.78 is 0. The highest BCUT2D eigenvalue weighted by Crippen LogP contribution is 2.28. The Morgan fingerprint density at radius 2 is 2.21 bits per heavy atom. The molecule has 76 valence electrons. The van der Waals surface area contributed by atoms with Crippen LogP contribution in [0.2, 0.25) is 0 Å². The largest absolute Gasteiger partial charge is 0.392 e. The molecule has 1 aliphatic heterocycles. The van der Waals surface area contributed by atoms with Crippen LogP contribution in [0.5, 0.6) is 0 Å². The molecule has 1 saturated heterocycles. The number of nitrogens with two attached hydrogens (primary N) is 1. The monoisotopic (exact) mass is 226 g/mol. The second-order valence-electron chi connectivity index (χ2n) is 3.56. The van der Waals surface area contributed by atoms with Gasteiger partial charge in [0.05, 0.1) is 11.0 Å². The first-order chi connectivity index (χ1) is 6.79. The minimum Gasteiger partial charge on any atom is -0.392 e. The molecule has 1 aromatic rings. The molecule has 0 saturated carbocycles. The summed E-state index contributed by atoms with van der Waals surface area (Å²) in [5.74, 6) is 0. The maximum absolute atomic E-state index is 5.80. The smallest absolute Gasteiger partial charge is 0.0956 e. The van der Waals surface area contributed by atoms with Gasteiger partial charge >= 0.3 is 0 Å². The Morgan fingerprint density at radius 1 is 1.50 bits per heavy atom. The zero-order chi connectivity index (χ0) is 9.97. The Balaban J connectivity index is 2.19. The lowest BCUT2D eigenvalue weighted by Gasteiger charge is -2.25. The average Bonchev–Trinajstić information content (AvgIpc) is 2.75. The molecule has 0 bridgehead atoms. The van der Waals surface area contributed by atoms with Crippen LogP contribution < -0.4 is 5.73 Å². The summed E-state index contributed by atoms with van der Waals surface area (Å²) in [5.41, 5.74) is 5.80. The van der Waals surface area contributed by atoms with E-state index in [2.05, 4.69) is 22.4 Å². The van der Waals surface area contributed by atoms with E-state index < -0.39 is 0 Å². The van der Waals surface area contributed by atoms with Crippen molar-refractivity contribution in [3.05, 3.63) is 22.4 Å². The van der Waals surface area contributed by atoms with E-state index in [1.165, 1.54) is 17.7 Å². The van der Waals surface area contributed by atoms with Crippen molar-refractivity contribution < 1.29 is 0 Å². The molecule has 14 heavy (non-hydrogen) atoms. The highest BCUT2D eigenvalue weighted by atomic mass is 32.1. The van der Waals surface area contributed by atoms with Gasteiger partial charge in [-0.25, -0.2) is 0 Å². The predicted octanol–water partition coefficient (Wildman–Crippen LogP) is 2.17. The summed E-state index contributed by atoms with van der Waals surface area (Å²) in [5, 5.41) is 2.08. The van der Waals surface area contributed by atoms with E-state index in [0.29, 0.717) is 4.99 Å². The number of nitrogens with zero attached hydrogens (tertiary/aromatic N) is 1. The first kappa shape index (κ1) is 10.1. The molecular formula is C10H14N2S2. The van der Waals surface area contributed by atoms with E-state index in [1.54, 1.807) is 11.3 Å². The summed E-state index contributed by atoms with van der Waals surface area (Å²) >= 11 is 6.88. The molecule has 2 rings (SSSR count). The number of hydrogen-bond donors (Lipinski definition) is 1. The van der Waals surface area contributed by atoms with Crippen LogP contribution in [0.3, 0.4) is 0 Å². The van der Waals surface area contributed by atoms with Gasteiger partial charge in [0.1, 0.15) is 0 Å². The van der Waals surface area contributed by atoms with Gasteiger partial charge in [-0.1, -0.05) is 18.3 Å². The summed E-state index contributed by atoms with van der Waals surface area (Å²) in [6, 6.07) is 4.35. The third kappa shape index (κ3) is 1.97. The first-order valence-electron chi connectivity index (χ1n) is 4.86. The fraction of sp³-hybridized carbons (Fsp3) is 0.500. The quantitative estimate of drug-likeness (QED) is 0.801. The minimum absolute atomic E-state index is 0.174. The molecule has 0 radical (unpaired) electrons. The molecule has 2 nitrogen and oxygen atoms in total. The van der Waals surface area contributed by atoms with Crippen molar-refractivity contribution in [1.82, 2.24) is 4.90 Å². The van der Waals surface area contributed by atoms with Crippen molar-refractivity contribution in [3.63, 3.8) is 0 Å². The van der Waals surface area contributed by atoms with Crippen molar-refractivity contribution in [1.29, 1.82) is 0 Å². The number of likely N-dealkylation sites (tertiary alicyclic amines) is 1. The first-order valence-corrected chi connectivity index (χ1v) is 6.14. The van der Waals surface area contributed by atoms with Crippen LogP contribution in [0.4, 0.5) is 0 Å². The number of rotatable bonds is 3. The van der Waals surface area contributed by atoms with Crippen LogP contribution in [0.15, 0.2) is 17.5 Å². The fourth-order valence-corrected chi connectivity index (χ4v) is 3.17. The number of hydrogen-bond acceptors (Lipinski definition) is 3. The predicted molar refractivity (Wildman–Crippen MR) is 64.7 cm³/mol. The van der Waals surface area contributed by atoms with Crippen LogP contribution in [0.25, 0.3) is 0 Å². The molecule has 2 heterocycles. The van der Waals surface area contributed by atoms with Gasteiger partial charge in [-0.3, -0.25) is 4.90 Å². The standard InChI is InChI=1S/C10H14N2S2/c11-10(13)9(8-4-3-7-14-8)12-5-1-2-6-12/h3-4,7,9H,1-2,5-6H2,(H2,11,13). The van der Waals surface area contributed by atoms with Gasteiger partial charge in [0, 0.05) is 4.88 Å². The molecule has 4 heteroatoms. The van der Waals surface area contributed by atoms with Crippen molar-refractivity contribution in [3.8, 4) is 0 Å². The Morgan fingerprint density at radius 3 is 2.71 bits per heavy atom. The maximum Gasteiger partial charge on any atom is 0.0956 e. The second-order valence-corrected chi connectivity index (χ2v) is 5.01. The molecule has 0 amide bonds. The lowest BCUT2D eigenvalue weighted by Crippen LogP contribution is -2.34. The van der Waals surface area contributed by atoms with Crippen LogP contribution in [0.1, 0.15) is 23.8 Å². The summed E-state index contributed by atoms with van der Waals surface area (Å²) in [4.78, 5) is 4.27. The van der Waals surface area contributed by atoms with Crippen molar-refractivity contribution in [2.24, 2.45) is 5.73 Å². The second kappa shape index (κ2) is 4.38. The Hall–Kier alpha value is -0.450. The van der Waals surface area contributed by atoms with E-state index in [0.717, 1.165) is 13.1 Å². The number of thiophene rings is 1. The summed E-state index contributed by atoms with van der Waals surface area (Å²) in [7, 11) is 0. The lowest BCUT2D eigenvalue weighted by molar-refractivity contribution is 0.308. The minimum atomic E-state index is 0.174. The molecule has 1 aromatic heterocycles. The van der Waals surface area contributed by atoms with Gasteiger partial charge in [0.15, 0.2) is 0 Å². The Kier molecular flexibility index (Phi) is 3.15. The molecule has 0 spiro atoms. The molecule has 0 aromatic carbocycles. The van der Waals surface area contributed by atoms with Crippen LogP contribution in [0, 0.1) is 0 Å². The van der Waals surface area contributed by atoms with E-state index in [9.17, 15) is 0 Å². The third-order valence-corrected chi connectivity index (χ3v) is 3.74. The third-order valence-electron chi connectivity index (χ3n) is 2.59. The summed E-state index contributed by atoms with van der Waals surface area (Å²) in [6.45, 7) is 2.25. The molecule has 0 aliphatic carbocycles. The molecule has 1 unspecified atom stereocenters. The SMILES string of the molecule is NC(=S)C(c1cccs1)N1CCCC1. The Labute approximate surface area is 93.7 Å². The highest BCUT2D eigenvalue weighted by Gasteiger charge is 2.26. The topological polar surface area (TPSA) is 29.3 Å². The average molecular weight is 226 g/mol. The Bertz CT molecular complexity index is 302. The maximum atomic E-state index is 5.80. The van der Waals surface area contributed by atoms with E-state index in [-0.39, 0.29) is 6.04 Å². The van der Waals surface area contributed by atoms with Crippen LogP contribution in [-0.4, -0.2) is 23.0 Å². The van der Waals surface area contributed by atoms with Gasteiger partial charge in [0.25, 0.3) is 0 Å². The van der Waals surface area contributed by atoms with E-state index in [4.69, 9.17) is 18.0 Å². The zero-order valence-corrected chi connectivity index (χ0v) is 9.61. The number of thiocarbonyl (C=S) groups is 1. The van der Waals surface area contributed by atoms with Gasteiger partial charge in [-0.15, -0.1) is 11.3 Å². The molecule has 1 aliphatic rings. The van der Waals surface area contributed by atoms with E-state index in [1.807, 2.05) is 0 Å². The molecular weight excluding hydrogens is 212 g/mol. The van der Waals surface area contributed by atoms with Gasteiger partial charge < -0.3 is 5.73 Å². The van der Waals surface area contributed by atoms with Gasteiger partial charge in [-0.05, 0) is 37.4 Å². The van der Waals surface area contributed by atoms with Crippen molar-refractivity contribution in [2.45, 2.75) is 18.9 Å². The lowest BCUT2D eigenvalue weighted by atomic mass is 10.2.